The van der Waals surface area contributed by atoms with Crippen LogP contribution in [0.5, 0.6) is 0 Å². The standard InChI is InChI=1S/C7H10N2O4.C6H4/c1-4(10)8-6-3-9(7(6)12)13-5(2)11;1-2-5-4-6(5)3-1/h6H,3H2,1-2H3,(H,8,10);1-4H. The number of carbonyl (C=O) groups excluding carboxylic acids is 3. The first-order valence-corrected chi connectivity index (χ1v) is 5.85. The first-order chi connectivity index (χ1) is 8.97. The van der Waals surface area contributed by atoms with Gasteiger partial charge < -0.3 is 10.2 Å². The molecular weight excluding hydrogens is 248 g/mol. The first-order valence-electron chi connectivity index (χ1n) is 5.85. The van der Waals surface area contributed by atoms with E-state index in [1.54, 1.807) is 0 Å². The minimum atomic E-state index is -0.547. The highest BCUT2D eigenvalue weighted by Gasteiger charge is 2.39. The number of nitrogens with one attached hydrogen (secondary N) is 1. The molecular formula is C13H14N2O4. The van der Waals surface area contributed by atoms with E-state index in [0.717, 1.165) is 5.06 Å². The Morgan fingerprint density at radius 3 is 2.26 bits per heavy atom. The van der Waals surface area contributed by atoms with E-state index in [9.17, 15) is 14.4 Å². The molecule has 100 valence electrons. The van der Waals surface area contributed by atoms with Crippen LogP contribution in [0.15, 0.2) is 24.3 Å². The predicted octanol–water partition coefficient (Wildman–Crippen LogP) is 0.478. The highest BCUT2D eigenvalue weighted by Crippen LogP contribution is 2.32. The first kappa shape index (κ1) is 13.1. The highest BCUT2D eigenvalue weighted by molar-refractivity contribution is 5.91. The average molecular weight is 262 g/mol. The number of hydrogen-bond acceptors (Lipinski definition) is 4. The fourth-order valence-electron chi connectivity index (χ4n) is 1.66. The van der Waals surface area contributed by atoms with Gasteiger partial charge in [-0.2, -0.15) is 5.06 Å². The molecule has 1 heterocycles. The number of carbonyl (C=O) groups is 3. The number of fused-ring (bicyclic) bond motifs is 1. The molecule has 2 amide bonds. The van der Waals surface area contributed by atoms with Crippen molar-refractivity contribution in [3.8, 4) is 11.1 Å². The van der Waals surface area contributed by atoms with E-state index in [-0.39, 0.29) is 12.5 Å². The van der Waals surface area contributed by atoms with Gasteiger partial charge in [0.2, 0.25) is 5.91 Å². The molecule has 19 heavy (non-hydrogen) atoms. The largest absolute Gasteiger partial charge is 0.343 e. The maximum Gasteiger partial charge on any atom is 0.329 e. The van der Waals surface area contributed by atoms with E-state index in [2.05, 4.69) is 34.4 Å². The molecule has 6 heteroatoms. The third-order valence-electron chi connectivity index (χ3n) is 2.62. The fourth-order valence-corrected chi connectivity index (χ4v) is 1.66. The lowest BCUT2D eigenvalue weighted by Crippen LogP contribution is -2.63. The van der Waals surface area contributed by atoms with E-state index in [1.165, 1.54) is 25.0 Å². The maximum absolute atomic E-state index is 11.1. The predicted molar refractivity (Wildman–Crippen MR) is 66.5 cm³/mol. The second-order valence-electron chi connectivity index (χ2n) is 4.32. The Morgan fingerprint density at radius 1 is 1.32 bits per heavy atom. The number of hydroxylamine groups is 2. The molecule has 0 bridgehead atoms. The average Bonchev–Trinajstić information content (AvgIpc) is 2.94. The summed E-state index contributed by atoms with van der Waals surface area (Å²) in [6, 6.07) is 7.94. The summed E-state index contributed by atoms with van der Waals surface area (Å²) in [7, 11) is 0. The quantitative estimate of drug-likeness (QED) is 0.799. The van der Waals surface area contributed by atoms with E-state index in [0.29, 0.717) is 0 Å². The van der Waals surface area contributed by atoms with Gasteiger partial charge in [-0.1, -0.05) is 18.2 Å². The van der Waals surface area contributed by atoms with Gasteiger partial charge in [-0.15, -0.1) is 0 Å². The Balaban J connectivity index is 0.000000180. The van der Waals surface area contributed by atoms with Crippen LogP contribution in [0.2, 0.25) is 0 Å². The van der Waals surface area contributed by atoms with Crippen molar-refractivity contribution < 1.29 is 19.2 Å². The topological polar surface area (TPSA) is 75.7 Å². The van der Waals surface area contributed by atoms with Crippen LogP contribution in [0, 0.1) is 0 Å². The lowest BCUT2D eigenvalue weighted by Gasteiger charge is -2.35. The van der Waals surface area contributed by atoms with Crippen molar-refractivity contribution in [2.45, 2.75) is 19.9 Å². The van der Waals surface area contributed by atoms with Crippen LogP contribution in [-0.4, -0.2) is 35.4 Å². The van der Waals surface area contributed by atoms with Crippen molar-refractivity contribution in [2.75, 3.05) is 6.54 Å². The third-order valence-corrected chi connectivity index (χ3v) is 2.62. The fraction of sp³-hybridized carbons (Fsp3) is 0.308. The number of hydrogen-bond donors (Lipinski definition) is 1. The molecule has 0 spiro atoms. The molecule has 2 aliphatic carbocycles. The number of rotatable bonds is 2. The lowest BCUT2D eigenvalue weighted by molar-refractivity contribution is -0.215. The molecule has 1 fully saturated rings. The summed E-state index contributed by atoms with van der Waals surface area (Å²) in [6.07, 6.45) is 0. The summed E-state index contributed by atoms with van der Waals surface area (Å²) in [5.74, 6) is -1.22. The van der Waals surface area contributed by atoms with Crippen molar-refractivity contribution in [3.05, 3.63) is 24.3 Å². The molecule has 1 atom stereocenters. The zero-order valence-electron chi connectivity index (χ0n) is 10.7. The Morgan fingerprint density at radius 2 is 1.95 bits per heavy atom. The van der Waals surface area contributed by atoms with Crippen molar-refractivity contribution >= 4 is 17.8 Å². The molecule has 0 radical (unpaired) electrons. The van der Waals surface area contributed by atoms with Gasteiger partial charge in [0.1, 0.15) is 6.04 Å². The summed E-state index contributed by atoms with van der Waals surface area (Å²) in [4.78, 5) is 36.5. The zero-order chi connectivity index (χ0) is 14.0. The van der Waals surface area contributed by atoms with E-state index in [4.69, 9.17) is 0 Å². The molecule has 0 aromatic rings. The van der Waals surface area contributed by atoms with Gasteiger partial charge >= 0.3 is 5.97 Å². The van der Waals surface area contributed by atoms with Crippen LogP contribution in [0.25, 0.3) is 11.1 Å². The highest BCUT2D eigenvalue weighted by atomic mass is 16.7. The van der Waals surface area contributed by atoms with Crippen LogP contribution in [0.4, 0.5) is 0 Å². The lowest BCUT2D eigenvalue weighted by atomic mass is 10.1. The Kier molecular flexibility index (Phi) is 3.50. The van der Waals surface area contributed by atoms with Crippen LogP contribution in [-0.2, 0) is 19.2 Å². The van der Waals surface area contributed by atoms with Gasteiger partial charge in [0.25, 0.3) is 5.91 Å². The molecule has 3 rings (SSSR count). The second-order valence-corrected chi connectivity index (χ2v) is 4.32. The molecule has 0 saturated carbocycles. The van der Waals surface area contributed by atoms with Crippen LogP contribution in [0.3, 0.4) is 0 Å². The molecule has 1 N–H and O–H groups in total. The Bertz CT molecular complexity index is 500. The summed E-state index contributed by atoms with van der Waals surface area (Å²) in [5, 5.41) is 3.33. The number of benzene rings is 1. The summed E-state index contributed by atoms with van der Waals surface area (Å²) >= 11 is 0. The van der Waals surface area contributed by atoms with Crippen molar-refractivity contribution in [1.82, 2.24) is 10.4 Å². The normalized spacial score (nSPS) is 17.7. The molecule has 0 aromatic carbocycles. The summed E-state index contributed by atoms with van der Waals surface area (Å²) < 4.78 is 0. The van der Waals surface area contributed by atoms with E-state index in [1.807, 2.05) is 0 Å². The third kappa shape index (κ3) is 3.31. The van der Waals surface area contributed by atoms with Crippen molar-refractivity contribution in [2.24, 2.45) is 0 Å². The second kappa shape index (κ2) is 5.09. The Hall–Kier alpha value is -2.37. The molecule has 6 nitrogen and oxygen atoms in total. The van der Waals surface area contributed by atoms with Crippen LogP contribution in [0.1, 0.15) is 13.8 Å². The van der Waals surface area contributed by atoms with Gasteiger partial charge in [-0.3, -0.25) is 14.4 Å². The Labute approximate surface area is 110 Å². The number of amides is 2. The van der Waals surface area contributed by atoms with Gasteiger partial charge in [0.15, 0.2) is 0 Å². The zero-order valence-corrected chi connectivity index (χ0v) is 10.7. The minimum absolute atomic E-state index is 0.220. The smallest absolute Gasteiger partial charge is 0.329 e. The van der Waals surface area contributed by atoms with E-state index < -0.39 is 17.9 Å². The summed E-state index contributed by atoms with van der Waals surface area (Å²) in [5.41, 5.74) is 2.85. The van der Waals surface area contributed by atoms with Gasteiger partial charge in [-0.25, -0.2) is 0 Å². The van der Waals surface area contributed by atoms with E-state index >= 15 is 0 Å². The summed E-state index contributed by atoms with van der Waals surface area (Å²) in [6.45, 7) is 2.75. The number of nitrogens with zero attached hydrogens (tertiary/aromatic N) is 1. The van der Waals surface area contributed by atoms with Gasteiger partial charge in [-0.05, 0) is 17.2 Å². The van der Waals surface area contributed by atoms with Gasteiger partial charge in [0, 0.05) is 13.8 Å². The van der Waals surface area contributed by atoms with Crippen molar-refractivity contribution in [3.63, 3.8) is 0 Å². The number of β-lactam (4-membered cyclic amide) rings is 1. The molecule has 0 aromatic heterocycles. The molecule has 1 saturated heterocycles. The van der Waals surface area contributed by atoms with Gasteiger partial charge in [0.05, 0.1) is 6.54 Å². The molecule has 3 aliphatic rings. The SMILES string of the molecule is CC(=O)NC1CN(OC(C)=O)C1=O.c1cc2cc-2c1. The van der Waals surface area contributed by atoms with Crippen LogP contribution >= 0.6 is 0 Å². The monoisotopic (exact) mass is 262 g/mol. The van der Waals surface area contributed by atoms with Crippen molar-refractivity contribution in [1.29, 1.82) is 0 Å². The maximum atomic E-state index is 11.1. The molecule has 1 aliphatic heterocycles. The molecule has 1 unspecified atom stereocenters. The minimum Gasteiger partial charge on any atom is -0.343 e. The van der Waals surface area contributed by atoms with Crippen LogP contribution < -0.4 is 5.32 Å².